The van der Waals surface area contributed by atoms with E-state index < -0.39 is 0 Å². The minimum absolute atomic E-state index is 0.235. The molecular formula is C17H25N7O. The van der Waals surface area contributed by atoms with Gasteiger partial charge in [0.25, 0.3) is 5.78 Å². The standard InChI is InChI=1S/C17H25N7O/c1-13-9-15(24-17(20-13)18-12-19-24)23-7-5-22(6-8-23)11-16(25)21(2)10-14-3-4-14/h9,12,14H,3-8,10-11H2,1-2H3. The molecule has 2 aromatic rings. The highest BCUT2D eigenvalue weighted by Gasteiger charge is 2.26. The molecule has 0 atom stereocenters. The van der Waals surface area contributed by atoms with Crippen molar-refractivity contribution in [2.75, 3.05) is 51.2 Å². The van der Waals surface area contributed by atoms with E-state index in [1.807, 2.05) is 24.9 Å². The van der Waals surface area contributed by atoms with E-state index in [0.717, 1.165) is 50.2 Å². The van der Waals surface area contributed by atoms with Crippen LogP contribution in [0.25, 0.3) is 5.78 Å². The normalized spacial score (nSPS) is 18.7. The Labute approximate surface area is 147 Å². The fourth-order valence-electron chi connectivity index (χ4n) is 3.37. The van der Waals surface area contributed by atoms with Gasteiger partial charge in [-0.15, -0.1) is 0 Å². The topological polar surface area (TPSA) is 69.9 Å². The molecule has 1 aliphatic carbocycles. The van der Waals surface area contributed by atoms with E-state index in [-0.39, 0.29) is 5.91 Å². The molecule has 0 aromatic carbocycles. The van der Waals surface area contributed by atoms with E-state index in [9.17, 15) is 4.79 Å². The van der Waals surface area contributed by atoms with Gasteiger partial charge < -0.3 is 9.80 Å². The smallest absolute Gasteiger partial charge is 0.254 e. The fraction of sp³-hybridized carbons (Fsp3) is 0.647. The third kappa shape index (κ3) is 3.58. The molecule has 0 radical (unpaired) electrons. The number of hydrogen-bond acceptors (Lipinski definition) is 6. The van der Waals surface area contributed by atoms with Gasteiger partial charge in [-0.25, -0.2) is 4.98 Å². The monoisotopic (exact) mass is 343 g/mol. The number of hydrogen-bond donors (Lipinski definition) is 0. The lowest BCUT2D eigenvalue weighted by Gasteiger charge is -2.36. The second-order valence-corrected chi connectivity index (χ2v) is 7.21. The lowest BCUT2D eigenvalue weighted by atomic mass is 10.3. The van der Waals surface area contributed by atoms with Gasteiger partial charge in [-0.3, -0.25) is 9.69 Å². The molecule has 1 amide bonds. The van der Waals surface area contributed by atoms with Crippen LogP contribution < -0.4 is 4.90 Å². The number of piperazine rings is 1. The number of amides is 1. The summed E-state index contributed by atoms with van der Waals surface area (Å²) in [4.78, 5) is 27.4. The van der Waals surface area contributed by atoms with Gasteiger partial charge in [-0.05, 0) is 25.7 Å². The Morgan fingerprint density at radius 2 is 2.04 bits per heavy atom. The summed E-state index contributed by atoms with van der Waals surface area (Å²) in [5.41, 5.74) is 0.940. The Hall–Kier alpha value is -2.22. The quantitative estimate of drug-likeness (QED) is 0.784. The van der Waals surface area contributed by atoms with Gasteiger partial charge in [0.2, 0.25) is 5.91 Å². The zero-order valence-electron chi connectivity index (χ0n) is 14.9. The van der Waals surface area contributed by atoms with E-state index >= 15 is 0 Å². The van der Waals surface area contributed by atoms with Gasteiger partial charge in [0.05, 0.1) is 6.54 Å². The number of aromatic nitrogens is 4. The van der Waals surface area contributed by atoms with Crippen LogP contribution >= 0.6 is 0 Å². The van der Waals surface area contributed by atoms with Crippen molar-refractivity contribution in [2.24, 2.45) is 5.92 Å². The number of likely N-dealkylation sites (N-methyl/N-ethyl adjacent to an activating group) is 1. The fourth-order valence-corrected chi connectivity index (χ4v) is 3.37. The van der Waals surface area contributed by atoms with Crippen molar-refractivity contribution in [1.29, 1.82) is 0 Å². The number of aryl methyl sites for hydroxylation is 1. The third-order valence-electron chi connectivity index (χ3n) is 5.07. The SMILES string of the molecule is Cc1cc(N2CCN(CC(=O)N(C)CC3CC3)CC2)n2ncnc2n1. The first-order chi connectivity index (χ1) is 12.1. The first-order valence-corrected chi connectivity index (χ1v) is 8.99. The number of anilines is 1. The molecule has 134 valence electrons. The van der Waals surface area contributed by atoms with Gasteiger partial charge in [0, 0.05) is 51.5 Å². The molecular weight excluding hydrogens is 318 g/mol. The van der Waals surface area contributed by atoms with E-state index in [0.29, 0.717) is 12.3 Å². The van der Waals surface area contributed by atoms with Gasteiger partial charge >= 0.3 is 0 Å². The van der Waals surface area contributed by atoms with Crippen molar-refractivity contribution in [3.05, 3.63) is 18.1 Å². The molecule has 8 nitrogen and oxygen atoms in total. The first-order valence-electron chi connectivity index (χ1n) is 8.99. The van der Waals surface area contributed by atoms with Crippen LogP contribution in [0.5, 0.6) is 0 Å². The Kier molecular flexibility index (Phi) is 4.29. The first kappa shape index (κ1) is 16.3. The average Bonchev–Trinajstić information content (AvgIpc) is 3.29. The highest BCUT2D eigenvalue weighted by atomic mass is 16.2. The minimum Gasteiger partial charge on any atom is -0.354 e. The van der Waals surface area contributed by atoms with Gasteiger partial charge in [0.15, 0.2) is 0 Å². The van der Waals surface area contributed by atoms with Crippen LogP contribution in [-0.4, -0.2) is 81.6 Å². The molecule has 25 heavy (non-hydrogen) atoms. The Bertz CT molecular complexity index is 761. The van der Waals surface area contributed by atoms with Crippen LogP contribution in [0.2, 0.25) is 0 Å². The summed E-state index contributed by atoms with van der Waals surface area (Å²) in [5, 5.41) is 4.29. The summed E-state index contributed by atoms with van der Waals surface area (Å²) in [5.74, 6) is 2.63. The maximum atomic E-state index is 12.4. The predicted molar refractivity (Wildman–Crippen MR) is 94.5 cm³/mol. The molecule has 0 N–H and O–H groups in total. The Morgan fingerprint density at radius 1 is 1.28 bits per heavy atom. The molecule has 2 aromatic heterocycles. The van der Waals surface area contributed by atoms with Crippen LogP contribution in [0.1, 0.15) is 18.5 Å². The summed E-state index contributed by atoms with van der Waals surface area (Å²) in [6.45, 7) is 6.91. The van der Waals surface area contributed by atoms with Crippen LogP contribution in [0.3, 0.4) is 0 Å². The predicted octanol–water partition coefficient (Wildman–Crippen LogP) is 0.423. The highest BCUT2D eigenvalue weighted by molar-refractivity contribution is 5.78. The molecule has 8 heteroatoms. The second kappa shape index (κ2) is 6.59. The molecule has 1 aliphatic heterocycles. The Balaban J connectivity index is 1.36. The minimum atomic E-state index is 0.235. The van der Waals surface area contributed by atoms with E-state index in [4.69, 9.17) is 0 Å². The van der Waals surface area contributed by atoms with E-state index in [2.05, 4.69) is 24.9 Å². The number of fused-ring (bicyclic) bond motifs is 1. The molecule has 2 aliphatic rings. The van der Waals surface area contributed by atoms with Crippen LogP contribution in [0.15, 0.2) is 12.4 Å². The maximum Gasteiger partial charge on any atom is 0.254 e. The van der Waals surface area contributed by atoms with Gasteiger partial charge in [-0.2, -0.15) is 14.6 Å². The maximum absolute atomic E-state index is 12.4. The number of rotatable bonds is 5. The number of carbonyl (C=O) groups excluding carboxylic acids is 1. The molecule has 2 fully saturated rings. The second-order valence-electron chi connectivity index (χ2n) is 7.21. The summed E-state index contributed by atoms with van der Waals surface area (Å²) in [6.07, 6.45) is 4.09. The number of nitrogens with zero attached hydrogens (tertiary/aromatic N) is 7. The summed E-state index contributed by atoms with van der Waals surface area (Å²) in [6, 6.07) is 2.05. The lowest BCUT2D eigenvalue weighted by molar-refractivity contribution is -0.131. The molecule has 3 heterocycles. The highest BCUT2D eigenvalue weighted by Crippen LogP contribution is 2.29. The molecule has 0 spiro atoms. The summed E-state index contributed by atoms with van der Waals surface area (Å²) >= 11 is 0. The van der Waals surface area contributed by atoms with Crippen molar-refractivity contribution in [3.63, 3.8) is 0 Å². The largest absolute Gasteiger partial charge is 0.354 e. The van der Waals surface area contributed by atoms with Crippen molar-refractivity contribution >= 4 is 17.5 Å². The average molecular weight is 343 g/mol. The molecule has 4 rings (SSSR count). The third-order valence-corrected chi connectivity index (χ3v) is 5.07. The van der Waals surface area contributed by atoms with Crippen LogP contribution in [0, 0.1) is 12.8 Å². The molecule has 0 bridgehead atoms. The van der Waals surface area contributed by atoms with Crippen molar-refractivity contribution in [2.45, 2.75) is 19.8 Å². The molecule has 1 saturated heterocycles. The van der Waals surface area contributed by atoms with Crippen molar-refractivity contribution < 1.29 is 4.79 Å². The van der Waals surface area contributed by atoms with Gasteiger partial charge in [-0.1, -0.05) is 0 Å². The van der Waals surface area contributed by atoms with Gasteiger partial charge in [0.1, 0.15) is 12.1 Å². The lowest BCUT2D eigenvalue weighted by Crippen LogP contribution is -2.50. The zero-order chi connectivity index (χ0) is 17.4. The number of carbonyl (C=O) groups is 1. The zero-order valence-corrected chi connectivity index (χ0v) is 14.9. The van der Waals surface area contributed by atoms with Crippen molar-refractivity contribution in [3.8, 4) is 0 Å². The summed E-state index contributed by atoms with van der Waals surface area (Å²) in [7, 11) is 1.93. The van der Waals surface area contributed by atoms with Crippen LogP contribution in [0.4, 0.5) is 5.82 Å². The van der Waals surface area contributed by atoms with Crippen LogP contribution in [-0.2, 0) is 4.79 Å². The Morgan fingerprint density at radius 3 is 2.76 bits per heavy atom. The van der Waals surface area contributed by atoms with E-state index in [1.165, 1.54) is 19.2 Å². The van der Waals surface area contributed by atoms with Crippen molar-refractivity contribution in [1.82, 2.24) is 29.4 Å². The molecule has 1 saturated carbocycles. The summed E-state index contributed by atoms with van der Waals surface area (Å²) < 4.78 is 1.79. The van der Waals surface area contributed by atoms with E-state index in [1.54, 1.807) is 4.52 Å². The molecule has 0 unspecified atom stereocenters.